The molecule has 0 saturated carbocycles. The van der Waals surface area contributed by atoms with Gasteiger partial charge in [0.2, 0.25) is 5.95 Å². The van der Waals surface area contributed by atoms with Gasteiger partial charge in [0, 0.05) is 25.2 Å². The number of fused-ring (bicyclic) bond motifs is 1. The molecule has 3 aromatic rings. The van der Waals surface area contributed by atoms with Gasteiger partial charge < -0.3 is 25.4 Å². The predicted molar refractivity (Wildman–Crippen MR) is 110 cm³/mol. The summed E-state index contributed by atoms with van der Waals surface area (Å²) >= 11 is 0. The molecule has 1 unspecified atom stereocenters. The van der Waals surface area contributed by atoms with Crippen molar-refractivity contribution in [3.05, 3.63) is 18.2 Å². The van der Waals surface area contributed by atoms with Crippen molar-refractivity contribution in [1.29, 1.82) is 0 Å². The van der Waals surface area contributed by atoms with E-state index in [0.717, 1.165) is 40.9 Å². The molecule has 0 aliphatic carbocycles. The monoisotopic (exact) mass is 383 g/mol. The number of ether oxygens (including phenoxy) is 2. The molecular weight excluding hydrogens is 358 g/mol. The highest BCUT2D eigenvalue weighted by Gasteiger charge is 2.24. The van der Waals surface area contributed by atoms with E-state index in [1.807, 2.05) is 25.2 Å². The number of nitrogens with zero attached hydrogens (tertiary/aromatic N) is 4. The fourth-order valence-corrected chi connectivity index (χ4v) is 3.59. The minimum Gasteiger partial charge on any atom is -0.496 e. The van der Waals surface area contributed by atoms with E-state index in [2.05, 4.69) is 37.3 Å². The Hall–Kier alpha value is -3.07. The second-order valence-corrected chi connectivity index (χ2v) is 6.73. The topological polar surface area (TPSA) is 114 Å². The lowest BCUT2D eigenvalue weighted by atomic mass is 10.1. The quantitative estimate of drug-likeness (QED) is 0.615. The molecule has 2 aromatic heterocycles. The van der Waals surface area contributed by atoms with Crippen molar-refractivity contribution in [3.63, 3.8) is 0 Å². The number of morpholine rings is 1. The van der Waals surface area contributed by atoms with Crippen molar-refractivity contribution < 1.29 is 9.47 Å². The Balaban J connectivity index is 1.82. The van der Waals surface area contributed by atoms with Crippen LogP contribution in [0.1, 0.15) is 13.3 Å². The molecule has 3 heterocycles. The van der Waals surface area contributed by atoms with Crippen molar-refractivity contribution in [3.8, 4) is 17.0 Å². The Morgan fingerprint density at radius 2 is 2.21 bits per heavy atom. The summed E-state index contributed by atoms with van der Waals surface area (Å²) in [6.07, 6.45) is 0.988. The molecular formula is C19H25N7O2. The van der Waals surface area contributed by atoms with Gasteiger partial charge in [-0.2, -0.15) is 10.1 Å². The van der Waals surface area contributed by atoms with E-state index in [1.165, 1.54) is 0 Å². The summed E-state index contributed by atoms with van der Waals surface area (Å²) in [6, 6.07) is 6.21. The zero-order valence-electron chi connectivity index (χ0n) is 16.3. The lowest BCUT2D eigenvalue weighted by Crippen LogP contribution is -2.45. The van der Waals surface area contributed by atoms with E-state index in [1.54, 1.807) is 7.11 Å². The van der Waals surface area contributed by atoms with Crippen LogP contribution in [0, 0.1) is 0 Å². The average molecular weight is 383 g/mol. The van der Waals surface area contributed by atoms with E-state index in [4.69, 9.17) is 15.2 Å². The molecule has 0 bridgehead atoms. The molecule has 1 fully saturated rings. The molecule has 1 aliphatic rings. The molecule has 28 heavy (non-hydrogen) atoms. The molecule has 0 amide bonds. The number of hydrogen-bond acceptors (Lipinski definition) is 8. The van der Waals surface area contributed by atoms with Crippen molar-refractivity contribution in [2.45, 2.75) is 19.4 Å². The first-order valence-electron chi connectivity index (χ1n) is 9.37. The number of methoxy groups -OCH3 is 1. The van der Waals surface area contributed by atoms with Crippen LogP contribution in [0.5, 0.6) is 5.75 Å². The van der Waals surface area contributed by atoms with Crippen LogP contribution < -0.4 is 20.7 Å². The van der Waals surface area contributed by atoms with Crippen LogP contribution in [0.3, 0.4) is 0 Å². The predicted octanol–water partition coefficient (Wildman–Crippen LogP) is 2.27. The van der Waals surface area contributed by atoms with E-state index < -0.39 is 0 Å². The number of nitrogen functional groups attached to an aromatic ring is 1. The summed E-state index contributed by atoms with van der Waals surface area (Å²) in [5.74, 6) is 2.52. The number of nitrogens with one attached hydrogen (secondary N) is 2. The van der Waals surface area contributed by atoms with Gasteiger partial charge in [0.15, 0.2) is 5.82 Å². The van der Waals surface area contributed by atoms with Crippen molar-refractivity contribution in [1.82, 2.24) is 20.2 Å². The van der Waals surface area contributed by atoms with Gasteiger partial charge >= 0.3 is 0 Å². The van der Waals surface area contributed by atoms with Crippen LogP contribution in [-0.4, -0.2) is 60.1 Å². The Bertz CT molecular complexity index is 988. The van der Waals surface area contributed by atoms with Gasteiger partial charge in [0.1, 0.15) is 11.6 Å². The normalized spacial score (nSPS) is 17.1. The van der Waals surface area contributed by atoms with E-state index >= 15 is 0 Å². The van der Waals surface area contributed by atoms with Gasteiger partial charge in [0.25, 0.3) is 0 Å². The molecule has 1 aromatic carbocycles. The number of aromatic amines is 1. The van der Waals surface area contributed by atoms with Crippen molar-refractivity contribution in [2.24, 2.45) is 0 Å². The number of benzene rings is 1. The van der Waals surface area contributed by atoms with Crippen LogP contribution in [0.2, 0.25) is 0 Å². The third kappa shape index (κ3) is 3.18. The Kier molecular flexibility index (Phi) is 4.91. The first kappa shape index (κ1) is 18.3. The zero-order chi connectivity index (χ0) is 19.7. The SMILES string of the molecule is CCC1COCCN1c1cc(-c2cc(OC)c3c(N)n[nH]c3c2)nc(NC)n1. The Morgan fingerprint density at radius 1 is 1.36 bits per heavy atom. The highest BCUT2D eigenvalue weighted by Crippen LogP contribution is 2.35. The van der Waals surface area contributed by atoms with Crippen LogP contribution >= 0.6 is 0 Å². The van der Waals surface area contributed by atoms with E-state index in [0.29, 0.717) is 36.8 Å². The molecule has 1 aliphatic heterocycles. The number of anilines is 3. The zero-order valence-corrected chi connectivity index (χ0v) is 16.3. The number of rotatable bonds is 5. The lowest BCUT2D eigenvalue weighted by molar-refractivity contribution is 0.0926. The Morgan fingerprint density at radius 3 is 2.96 bits per heavy atom. The first-order valence-corrected chi connectivity index (χ1v) is 9.37. The fraction of sp³-hybridized carbons (Fsp3) is 0.421. The Labute approximate surface area is 163 Å². The van der Waals surface area contributed by atoms with Gasteiger partial charge in [-0.15, -0.1) is 0 Å². The third-order valence-electron chi connectivity index (χ3n) is 5.10. The summed E-state index contributed by atoms with van der Waals surface area (Å²) in [6.45, 7) is 4.36. The molecule has 4 N–H and O–H groups in total. The molecule has 4 rings (SSSR count). The number of aromatic nitrogens is 4. The molecule has 9 heteroatoms. The van der Waals surface area contributed by atoms with Crippen molar-refractivity contribution >= 4 is 28.5 Å². The number of H-pyrrole nitrogens is 1. The summed E-state index contributed by atoms with van der Waals surface area (Å²) in [7, 11) is 3.44. The van der Waals surface area contributed by atoms with Gasteiger partial charge in [0.05, 0.1) is 43.0 Å². The van der Waals surface area contributed by atoms with Gasteiger partial charge in [-0.1, -0.05) is 6.92 Å². The van der Waals surface area contributed by atoms with E-state index in [9.17, 15) is 0 Å². The van der Waals surface area contributed by atoms with Crippen LogP contribution in [0.4, 0.5) is 17.6 Å². The van der Waals surface area contributed by atoms with Crippen LogP contribution in [0.25, 0.3) is 22.2 Å². The minimum atomic E-state index is 0.297. The highest BCUT2D eigenvalue weighted by atomic mass is 16.5. The molecule has 148 valence electrons. The summed E-state index contributed by atoms with van der Waals surface area (Å²) < 4.78 is 11.2. The first-order chi connectivity index (χ1) is 13.6. The van der Waals surface area contributed by atoms with Crippen LogP contribution in [-0.2, 0) is 4.74 Å². The number of hydrogen-bond donors (Lipinski definition) is 3. The van der Waals surface area contributed by atoms with E-state index in [-0.39, 0.29) is 0 Å². The molecule has 9 nitrogen and oxygen atoms in total. The second-order valence-electron chi connectivity index (χ2n) is 6.73. The third-order valence-corrected chi connectivity index (χ3v) is 5.10. The van der Waals surface area contributed by atoms with Gasteiger partial charge in [-0.25, -0.2) is 4.98 Å². The molecule has 0 radical (unpaired) electrons. The number of nitrogens with two attached hydrogens (primary N) is 1. The summed E-state index contributed by atoms with van der Waals surface area (Å²) in [5, 5.41) is 10.9. The van der Waals surface area contributed by atoms with Crippen LogP contribution in [0.15, 0.2) is 18.2 Å². The summed E-state index contributed by atoms with van der Waals surface area (Å²) in [5.41, 5.74) is 8.46. The second kappa shape index (κ2) is 7.51. The van der Waals surface area contributed by atoms with Gasteiger partial charge in [-0.3, -0.25) is 5.10 Å². The molecule has 1 atom stereocenters. The summed E-state index contributed by atoms with van der Waals surface area (Å²) in [4.78, 5) is 11.6. The molecule has 0 spiro atoms. The fourth-order valence-electron chi connectivity index (χ4n) is 3.59. The molecule has 1 saturated heterocycles. The maximum atomic E-state index is 5.96. The van der Waals surface area contributed by atoms with Gasteiger partial charge in [-0.05, 0) is 18.6 Å². The maximum absolute atomic E-state index is 5.96. The lowest BCUT2D eigenvalue weighted by Gasteiger charge is -2.36. The highest BCUT2D eigenvalue weighted by molar-refractivity contribution is 5.97. The smallest absolute Gasteiger partial charge is 0.224 e. The average Bonchev–Trinajstić information content (AvgIpc) is 3.13. The van der Waals surface area contributed by atoms with Crippen molar-refractivity contribution in [2.75, 3.05) is 49.9 Å². The minimum absolute atomic E-state index is 0.297. The maximum Gasteiger partial charge on any atom is 0.224 e. The standard InChI is InChI=1S/C19H25N7O2/c1-4-12-10-28-6-5-26(12)16-9-13(22-19(21-2)23-16)11-7-14-17(15(8-11)27-3)18(20)25-24-14/h7-9,12H,4-6,10H2,1-3H3,(H3,20,24,25)(H,21,22,23). The largest absolute Gasteiger partial charge is 0.496 e.